The standard InChI is InChI=1S/C31H45BrN6O4SSi2/c1-44(2,3)17-13-41-22-37(23-42-14-18-45(4,5)6)31-28(32)30(36-11-15-43(39,40)16-12-36)35-29-26(21-34-38(29)31)25-19-24-9-7-8-10-27(24)33-20-25/h7-10,19-21H,11-18,22-23H2,1-6H3. The maximum Gasteiger partial charge on any atom is 0.167 e. The van der Waals surface area contributed by atoms with Crippen molar-refractivity contribution in [3.05, 3.63) is 47.2 Å². The molecule has 0 N–H and O–H groups in total. The van der Waals surface area contributed by atoms with Gasteiger partial charge in [0, 0.05) is 65.2 Å². The van der Waals surface area contributed by atoms with E-state index in [1.807, 2.05) is 46.1 Å². The number of nitrogens with zero attached hydrogens (tertiary/aromatic N) is 6. The Morgan fingerprint density at radius 1 is 0.933 bits per heavy atom. The van der Waals surface area contributed by atoms with Gasteiger partial charge in [0.15, 0.2) is 21.3 Å². The third-order valence-electron chi connectivity index (χ3n) is 7.88. The summed E-state index contributed by atoms with van der Waals surface area (Å²) in [5.74, 6) is 1.61. The fourth-order valence-corrected chi connectivity index (χ4v) is 8.51. The molecule has 4 aromatic rings. The highest BCUT2D eigenvalue weighted by Crippen LogP contribution is 2.38. The average Bonchev–Trinajstić information content (AvgIpc) is 3.39. The van der Waals surface area contributed by atoms with Gasteiger partial charge < -0.3 is 19.3 Å². The van der Waals surface area contributed by atoms with Gasteiger partial charge in [0.1, 0.15) is 23.8 Å². The first-order valence-corrected chi connectivity index (χ1v) is 25.5. The van der Waals surface area contributed by atoms with E-state index in [4.69, 9.17) is 24.5 Å². The molecule has 5 rings (SSSR count). The van der Waals surface area contributed by atoms with Crippen LogP contribution in [0.1, 0.15) is 0 Å². The molecule has 0 unspecified atom stereocenters. The molecule has 3 aromatic heterocycles. The maximum absolute atomic E-state index is 12.3. The summed E-state index contributed by atoms with van der Waals surface area (Å²) in [7, 11) is -5.64. The van der Waals surface area contributed by atoms with Crippen LogP contribution >= 0.6 is 15.9 Å². The van der Waals surface area contributed by atoms with Gasteiger partial charge in [-0.05, 0) is 40.2 Å². The molecule has 0 bridgehead atoms. The van der Waals surface area contributed by atoms with Crippen molar-refractivity contribution in [2.24, 2.45) is 0 Å². The summed E-state index contributed by atoms with van der Waals surface area (Å²) in [6, 6.07) is 12.2. The van der Waals surface area contributed by atoms with Crippen LogP contribution in [0, 0.1) is 0 Å². The third-order valence-corrected chi connectivity index (χ3v) is 13.6. The Hall–Kier alpha value is -2.37. The molecule has 1 aliphatic rings. The number of hydrogen-bond donors (Lipinski definition) is 0. The van der Waals surface area contributed by atoms with Crippen LogP contribution in [0.3, 0.4) is 0 Å². The Kier molecular flexibility index (Phi) is 10.4. The first kappa shape index (κ1) is 34.0. The zero-order valence-corrected chi connectivity index (χ0v) is 31.6. The van der Waals surface area contributed by atoms with Gasteiger partial charge in [-0.15, -0.1) is 0 Å². The minimum atomic E-state index is -3.08. The number of pyridine rings is 1. The number of aromatic nitrogens is 4. The van der Waals surface area contributed by atoms with E-state index in [1.54, 1.807) is 0 Å². The summed E-state index contributed by atoms with van der Waals surface area (Å²) in [6.07, 6.45) is 3.68. The topological polar surface area (TPSA) is 102 Å². The predicted octanol–water partition coefficient (Wildman–Crippen LogP) is 6.37. The zero-order chi connectivity index (χ0) is 32.4. The summed E-state index contributed by atoms with van der Waals surface area (Å²) < 4.78 is 39.8. The first-order valence-electron chi connectivity index (χ1n) is 15.5. The lowest BCUT2D eigenvalue weighted by Gasteiger charge is -2.32. The number of sulfone groups is 1. The molecule has 10 nitrogen and oxygen atoms in total. The summed E-state index contributed by atoms with van der Waals surface area (Å²) >= 11 is 3.88. The van der Waals surface area contributed by atoms with E-state index >= 15 is 0 Å². The second kappa shape index (κ2) is 13.8. The quantitative estimate of drug-likeness (QED) is 0.0882. The van der Waals surface area contributed by atoms with E-state index in [0.717, 1.165) is 44.4 Å². The molecule has 4 heterocycles. The lowest BCUT2D eigenvalue weighted by Crippen LogP contribution is -2.41. The molecule has 0 atom stereocenters. The third kappa shape index (κ3) is 8.71. The minimum absolute atomic E-state index is 0.0890. The SMILES string of the molecule is C[Si](C)(C)CCOCN(COCC[Si](C)(C)C)c1c(Br)c(N2CCS(=O)(=O)CC2)nc2c(-c3cnc4ccccc4c3)cnn12. The summed E-state index contributed by atoms with van der Waals surface area (Å²) in [6.45, 7) is 16.7. The van der Waals surface area contributed by atoms with Crippen LogP contribution in [0.2, 0.25) is 51.4 Å². The molecule has 0 amide bonds. The van der Waals surface area contributed by atoms with Crippen molar-refractivity contribution < 1.29 is 17.9 Å². The van der Waals surface area contributed by atoms with Gasteiger partial charge in [-0.3, -0.25) is 4.98 Å². The largest absolute Gasteiger partial charge is 0.361 e. The molecule has 244 valence electrons. The number of hydrogen-bond acceptors (Lipinski definition) is 9. The molecular formula is C31H45BrN6O4SSi2. The van der Waals surface area contributed by atoms with E-state index in [0.29, 0.717) is 51.2 Å². The molecule has 0 saturated carbocycles. The molecule has 0 radical (unpaired) electrons. The van der Waals surface area contributed by atoms with Gasteiger partial charge in [0.25, 0.3) is 0 Å². The van der Waals surface area contributed by atoms with E-state index in [2.05, 4.69) is 66.2 Å². The van der Waals surface area contributed by atoms with Crippen molar-refractivity contribution in [3.8, 4) is 11.1 Å². The number of benzene rings is 1. The van der Waals surface area contributed by atoms with Crippen LogP contribution in [0.4, 0.5) is 11.6 Å². The van der Waals surface area contributed by atoms with Crippen molar-refractivity contribution in [1.29, 1.82) is 0 Å². The smallest absolute Gasteiger partial charge is 0.167 e. The van der Waals surface area contributed by atoms with Crippen molar-refractivity contribution in [1.82, 2.24) is 19.6 Å². The number of para-hydroxylation sites is 1. The van der Waals surface area contributed by atoms with E-state index in [-0.39, 0.29) is 11.5 Å². The Bertz CT molecular complexity index is 1720. The number of anilines is 2. The van der Waals surface area contributed by atoms with Gasteiger partial charge in [-0.1, -0.05) is 57.5 Å². The highest BCUT2D eigenvalue weighted by molar-refractivity contribution is 9.10. The van der Waals surface area contributed by atoms with Gasteiger partial charge in [0.2, 0.25) is 0 Å². The van der Waals surface area contributed by atoms with Gasteiger partial charge >= 0.3 is 0 Å². The molecule has 0 aliphatic carbocycles. The Labute approximate surface area is 277 Å². The van der Waals surface area contributed by atoms with Crippen LogP contribution in [-0.2, 0) is 19.3 Å². The Balaban J connectivity index is 1.59. The molecule has 1 aliphatic heterocycles. The molecule has 1 fully saturated rings. The maximum atomic E-state index is 12.3. The van der Waals surface area contributed by atoms with E-state index in [1.165, 1.54) is 0 Å². The van der Waals surface area contributed by atoms with Crippen LogP contribution in [0.15, 0.2) is 47.2 Å². The Morgan fingerprint density at radius 3 is 2.18 bits per heavy atom. The summed E-state index contributed by atoms with van der Waals surface area (Å²) in [5.41, 5.74) is 3.32. The van der Waals surface area contributed by atoms with Gasteiger partial charge in [-0.25, -0.2) is 13.4 Å². The monoisotopic (exact) mass is 732 g/mol. The van der Waals surface area contributed by atoms with E-state index in [9.17, 15) is 8.42 Å². The number of halogens is 1. The second-order valence-corrected chi connectivity index (χ2v) is 28.5. The molecule has 0 spiro atoms. The van der Waals surface area contributed by atoms with Crippen molar-refractivity contribution in [2.45, 2.75) is 51.4 Å². The number of ether oxygens (including phenoxy) is 2. The minimum Gasteiger partial charge on any atom is -0.361 e. The zero-order valence-electron chi connectivity index (χ0n) is 27.2. The number of fused-ring (bicyclic) bond motifs is 2. The van der Waals surface area contributed by atoms with Crippen LogP contribution in [-0.4, -0.2) is 95.4 Å². The van der Waals surface area contributed by atoms with Crippen LogP contribution < -0.4 is 9.80 Å². The first-order chi connectivity index (χ1) is 21.2. The average molecular weight is 734 g/mol. The van der Waals surface area contributed by atoms with Gasteiger partial charge in [0.05, 0.1) is 23.2 Å². The van der Waals surface area contributed by atoms with E-state index < -0.39 is 26.0 Å². The van der Waals surface area contributed by atoms with Crippen LogP contribution in [0.25, 0.3) is 27.7 Å². The summed E-state index contributed by atoms with van der Waals surface area (Å²) in [4.78, 5) is 13.9. The number of rotatable bonds is 13. The highest BCUT2D eigenvalue weighted by atomic mass is 79.9. The fourth-order valence-electron chi connectivity index (χ4n) is 5.04. The predicted molar refractivity (Wildman–Crippen MR) is 193 cm³/mol. The normalized spacial score (nSPS) is 15.7. The van der Waals surface area contributed by atoms with Crippen molar-refractivity contribution >= 4 is 70.1 Å². The van der Waals surface area contributed by atoms with Crippen LogP contribution in [0.5, 0.6) is 0 Å². The van der Waals surface area contributed by atoms with Gasteiger partial charge in [-0.2, -0.15) is 9.61 Å². The molecule has 45 heavy (non-hydrogen) atoms. The lowest BCUT2D eigenvalue weighted by atomic mass is 10.1. The van der Waals surface area contributed by atoms with Crippen molar-refractivity contribution in [2.75, 3.05) is 61.1 Å². The highest BCUT2D eigenvalue weighted by Gasteiger charge is 2.29. The van der Waals surface area contributed by atoms with Crippen molar-refractivity contribution in [3.63, 3.8) is 0 Å². The molecule has 1 aromatic carbocycles. The molecular weight excluding hydrogens is 689 g/mol. The molecule has 1 saturated heterocycles. The lowest BCUT2D eigenvalue weighted by molar-refractivity contribution is 0.0941. The second-order valence-electron chi connectivity index (χ2n) is 14.2. The Morgan fingerprint density at radius 2 is 1.56 bits per heavy atom. The molecule has 14 heteroatoms. The summed E-state index contributed by atoms with van der Waals surface area (Å²) in [5, 5.41) is 5.87. The fraction of sp³-hybridized carbons (Fsp3) is 0.516.